The van der Waals surface area contributed by atoms with E-state index < -0.39 is 0 Å². The van der Waals surface area contributed by atoms with Gasteiger partial charge in [0, 0.05) is 12.6 Å². The van der Waals surface area contributed by atoms with Gasteiger partial charge in [0.15, 0.2) is 0 Å². The van der Waals surface area contributed by atoms with Gasteiger partial charge in [0.1, 0.15) is 0 Å². The lowest BCUT2D eigenvalue weighted by Crippen LogP contribution is -2.50. The SMILES string of the molecule is CCC1CCC(CNC(C)C)(OC2CCCCC2C)CC1. The third-order valence-corrected chi connectivity index (χ3v) is 5.86. The topological polar surface area (TPSA) is 21.3 Å². The van der Waals surface area contributed by atoms with Gasteiger partial charge in [-0.3, -0.25) is 0 Å². The number of ether oxygens (including phenoxy) is 1. The van der Waals surface area contributed by atoms with Crippen LogP contribution in [0, 0.1) is 11.8 Å². The summed E-state index contributed by atoms with van der Waals surface area (Å²) in [5.74, 6) is 1.68. The zero-order chi connectivity index (χ0) is 15.3. The van der Waals surface area contributed by atoms with Gasteiger partial charge in [0.25, 0.3) is 0 Å². The number of hydrogen-bond donors (Lipinski definition) is 1. The molecule has 2 atom stereocenters. The van der Waals surface area contributed by atoms with Gasteiger partial charge < -0.3 is 10.1 Å². The fourth-order valence-electron chi connectivity index (χ4n) is 4.12. The van der Waals surface area contributed by atoms with Gasteiger partial charge in [0.05, 0.1) is 11.7 Å². The van der Waals surface area contributed by atoms with Crippen LogP contribution in [-0.2, 0) is 4.74 Å². The van der Waals surface area contributed by atoms with Crippen molar-refractivity contribution >= 4 is 0 Å². The average Bonchev–Trinajstić information content (AvgIpc) is 2.49. The molecule has 21 heavy (non-hydrogen) atoms. The smallest absolute Gasteiger partial charge is 0.0810 e. The van der Waals surface area contributed by atoms with Gasteiger partial charge in [-0.2, -0.15) is 0 Å². The van der Waals surface area contributed by atoms with E-state index in [1.807, 2.05) is 0 Å². The van der Waals surface area contributed by atoms with E-state index in [-0.39, 0.29) is 5.60 Å². The highest BCUT2D eigenvalue weighted by Crippen LogP contribution is 2.39. The molecule has 2 saturated carbocycles. The standard InChI is InChI=1S/C19H37NO/c1-5-17-10-12-19(13-11-17,14-20-15(2)3)21-18-9-7-6-8-16(18)4/h15-18,20H,5-14H2,1-4H3. The molecule has 0 aromatic heterocycles. The number of rotatable bonds is 6. The van der Waals surface area contributed by atoms with Crippen molar-refractivity contribution in [2.24, 2.45) is 11.8 Å². The highest BCUT2D eigenvalue weighted by atomic mass is 16.5. The van der Waals surface area contributed by atoms with E-state index in [2.05, 4.69) is 33.0 Å². The van der Waals surface area contributed by atoms with Crippen molar-refractivity contribution in [3.63, 3.8) is 0 Å². The van der Waals surface area contributed by atoms with Crippen LogP contribution in [0.25, 0.3) is 0 Å². The number of nitrogens with one attached hydrogen (secondary N) is 1. The molecule has 0 heterocycles. The third kappa shape index (κ3) is 4.96. The lowest BCUT2D eigenvalue weighted by molar-refractivity contribution is -0.143. The molecule has 0 amide bonds. The van der Waals surface area contributed by atoms with E-state index in [1.165, 1.54) is 57.8 Å². The first-order chi connectivity index (χ1) is 10.0. The molecule has 124 valence electrons. The summed E-state index contributed by atoms with van der Waals surface area (Å²) < 4.78 is 6.81. The second-order valence-electron chi connectivity index (χ2n) is 7.99. The Kier molecular flexibility index (Phi) is 6.55. The summed E-state index contributed by atoms with van der Waals surface area (Å²) in [4.78, 5) is 0. The molecular formula is C19H37NO. The van der Waals surface area contributed by atoms with Crippen LogP contribution in [0.3, 0.4) is 0 Å². The predicted octanol–water partition coefficient (Wildman–Crippen LogP) is 4.92. The van der Waals surface area contributed by atoms with Crippen LogP contribution in [0.1, 0.15) is 85.5 Å². The molecule has 2 aliphatic carbocycles. The molecule has 2 unspecified atom stereocenters. The van der Waals surface area contributed by atoms with Crippen LogP contribution in [0.2, 0.25) is 0 Å². The second-order valence-corrected chi connectivity index (χ2v) is 7.99. The van der Waals surface area contributed by atoms with Crippen LogP contribution in [-0.4, -0.2) is 24.3 Å². The van der Waals surface area contributed by atoms with Crippen molar-refractivity contribution in [3.05, 3.63) is 0 Å². The van der Waals surface area contributed by atoms with Crippen molar-refractivity contribution in [3.8, 4) is 0 Å². The maximum atomic E-state index is 6.81. The van der Waals surface area contributed by atoms with E-state index in [4.69, 9.17) is 4.74 Å². The maximum Gasteiger partial charge on any atom is 0.0810 e. The van der Waals surface area contributed by atoms with E-state index in [1.54, 1.807) is 0 Å². The summed E-state index contributed by atoms with van der Waals surface area (Å²) in [6.07, 6.45) is 12.5. The Morgan fingerprint density at radius 1 is 1.10 bits per heavy atom. The molecule has 2 nitrogen and oxygen atoms in total. The van der Waals surface area contributed by atoms with E-state index in [9.17, 15) is 0 Å². The fourth-order valence-corrected chi connectivity index (χ4v) is 4.12. The first-order valence-electron chi connectivity index (χ1n) is 9.46. The van der Waals surface area contributed by atoms with Crippen molar-refractivity contribution in [2.45, 2.75) is 103 Å². The zero-order valence-electron chi connectivity index (χ0n) is 14.8. The summed E-state index contributed by atoms with van der Waals surface area (Å²) in [6, 6.07) is 0.554. The van der Waals surface area contributed by atoms with Crippen LogP contribution in [0.15, 0.2) is 0 Å². The van der Waals surface area contributed by atoms with Crippen molar-refractivity contribution in [1.82, 2.24) is 5.32 Å². The maximum absolute atomic E-state index is 6.81. The molecule has 0 aliphatic heterocycles. The Labute approximate surface area is 132 Å². The molecule has 0 radical (unpaired) electrons. The van der Waals surface area contributed by atoms with Gasteiger partial charge in [-0.1, -0.05) is 47.0 Å². The summed E-state index contributed by atoms with van der Waals surface area (Å²) >= 11 is 0. The van der Waals surface area contributed by atoms with Crippen molar-refractivity contribution in [2.75, 3.05) is 6.54 Å². The second kappa shape index (κ2) is 7.97. The average molecular weight is 296 g/mol. The molecule has 2 rings (SSSR count). The molecule has 0 saturated heterocycles. The minimum absolute atomic E-state index is 0.117. The van der Waals surface area contributed by atoms with E-state index in [0.29, 0.717) is 12.1 Å². The van der Waals surface area contributed by atoms with Crippen LogP contribution in [0.5, 0.6) is 0 Å². The lowest BCUT2D eigenvalue weighted by atomic mass is 9.76. The summed E-state index contributed by atoms with van der Waals surface area (Å²) in [7, 11) is 0. The highest BCUT2D eigenvalue weighted by molar-refractivity contribution is 4.91. The van der Waals surface area contributed by atoms with Crippen molar-refractivity contribution in [1.29, 1.82) is 0 Å². The summed E-state index contributed by atoms with van der Waals surface area (Å²) in [6.45, 7) is 10.3. The quantitative estimate of drug-likeness (QED) is 0.751. The van der Waals surface area contributed by atoms with Gasteiger partial charge in [0.2, 0.25) is 0 Å². The first-order valence-corrected chi connectivity index (χ1v) is 9.46. The zero-order valence-corrected chi connectivity index (χ0v) is 14.8. The molecular weight excluding hydrogens is 258 g/mol. The minimum atomic E-state index is 0.117. The van der Waals surface area contributed by atoms with E-state index >= 15 is 0 Å². The van der Waals surface area contributed by atoms with Gasteiger partial charge >= 0.3 is 0 Å². The van der Waals surface area contributed by atoms with Gasteiger partial charge in [-0.05, 0) is 50.4 Å². The first kappa shape index (κ1) is 17.3. The Morgan fingerprint density at radius 2 is 1.76 bits per heavy atom. The lowest BCUT2D eigenvalue weighted by Gasteiger charge is -2.45. The molecule has 2 heteroatoms. The Hall–Kier alpha value is -0.0800. The highest BCUT2D eigenvalue weighted by Gasteiger charge is 2.39. The molecule has 2 fully saturated rings. The van der Waals surface area contributed by atoms with Crippen molar-refractivity contribution < 1.29 is 4.74 Å². The predicted molar refractivity (Wildman–Crippen MR) is 90.6 cm³/mol. The largest absolute Gasteiger partial charge is 0.370 e. The van der Waals surface area contributed by atoms with Gasteiger partial charge in [-0.15, -0.1) is 0 Å². The molecule has 2 aliphatic rings. The minimum Gasteiger partial charge on any atom is -0.370 e. The monoisotopic (exact) mass is 295 g/mol. The molecule has 1 N–H and O–H groups in total. The normalized spacial score (nSPS) is 37.9. The molecule has 0 aromatic rings. The van der Waals surface area contributed by atoms with E-state index in [0.717, 1.165) is 18.4 Å². The molecule has 0 aromatic carbocycles. The Morgan fingerprint density at radius 3 is 2.33 bits per heavy atom. The van der Waals surface area contributed by atoms with Crippen LogP contribution < -0.4 is 5.32 Å². The molecule has 0 spiro atoms. The van der Waals surface area contributed by atoms with Crippen LogP contribution in [0.4, 0.5) is 0 Å². The summed E-state index contributed by atoms with van der Waals surface area (Å²) in [5.41, 5.74) is 0.117. The third-order valence-electron chi connectivity index (χ3n) is 5.86. The summed E-state index contributed by atoms with van der Waals surface area (Å²) in [5, 5.41) is 3.67. The fraction of sp³-hybridized carbons (Fsp3) is 1.00. The van der Waals surface area contributed by atoms with Crippen LogP contribution >= 0.6 is 0 Å². The Bertz CT molecular complexity index is 294. The number of hydrogen-bond acceptors (Lipinski definition) is 2. The van der Waals surface area contributed by atoms with Gasteiger partial charge in [-0.25, -0.2) is 0 Å². The molecule has 0 bridgehead atoms. The Balaban J connectivity index is 1.97.